The first kappa shape index (κ1) is 14.1. The Bertz CT molecular complexity index is 589. The Labute approximate surface area is 120 Å². The van der Waals surface area contributed by atoms with Crippen LogP contribution in [0.4, 0.5) is 5.69 Å². The minimum atomic E-state index is -0.0486. The molecule has 1 unspecified atom stereocenters. The number of nitrogens with zero attached hydrogens (tertiary/aromatic N) is 1. The molecule has 0 aliphatic rings. The molecule has 2 aromatic carbocycles. The number of carbonyl (C=O) groups is 1. The van der Waals surface area contributed by atoms with E-state index < -0.39 is 0 Å². The quantitative estimate of drug-likeness (QED) is 0.752. The van der Waals surface area contributed by atoms with Crippen LogP contribution in [0.15, 0.2) is 72.8 Å². The van der Waals surface area contributed by atoms with E-state index in [-0.39, 0.29) is 11.9 Å². The summed E-state index contributed by atoms with van der Waals surface area (Å²) in [5, 5.41) is 0. The number of para-hydroxylation sites is 1. The number of rotatable bonds is 4. The van der Waals surface area contributed by atoms with Crippen LogP contribution in [0.2, 0.25) is 0 Å². The summed E-state index contributed by atoms with van der Waals surface area (Å²) in [6.45, 7) is 7.56. The number of amides is 1. The Morgan fingerprint density at radius 2 is 1.50 bits per heavy atom. The summed E-state index contributed by atoms with van der Waals surface area (Å²) >= 11 is 0. The van der Waals surface area contributed by atoms with Crippen molar-refractivity contribution in [3.8, 4) is 0 Å². The van der Waals surface area contributed by atoms with E-state index in [4.69, 9.17) is 0 Å². The zero-order chi connectivity index (χ0) is 14.5. The molecule has 102 valence electrons. The highest BCUT2D eigenvalue weighted by atomic mass is 16.2. The molecule has 0 radical (unpaired) electrons. The smallest absolute Gasteiger partial charge is 0.253 e. The standard InChI is InChI=1S/C18H19NO/c1-14(2)18(20)19(17-12-8-5-9-13-17)15(3)16-10-6-4-7-11-16/h4-13,15H,1H2,2-3H3. The highest BCUT2D eigenvalue weighted by Gasteiger charge is 2.23. The Kier molecular flexibility index (Phi) is 4.36. The van der Waals surface area contributed by atoms with E-state index in [1.807, 2.05) is 67.6 Å². The minimum Gasteiger partial charge on any atom is -0.301 e. The van der Waals surface area contributed by atoms with E-state index in [2.05, 4.69) is 6.58 Å². The van der Waals surface area contributed by atoms with Crippen molar-refractivity contribution >= 4 is 11.6 Å². The Morgan fingerprint density at radius 3 is 2.00 bits per heavy atom. The molecular formula is C18H19NO. The summed E-state index contributed by atoms with van der Waals surface area (Å²) in [6, 6.07) is 19.7. The van der Waals surface area contributed by atoms with Crippen LogP contribution in [0.25, 0.3) is 0 Å². The van der Waals surface area contributed by atoms with Gasteiger partial charge in [-0.25, -0.2) is 0 Å². The van der Waals surface area contributed by atoms with Gasteiger partial charge in [0.15, 0.2) is 0 Å². The topological polar surface area (TPSA) is 20.3 Å². The van der Waals surface area contributed by atoms with Gasteiger partial charge in [-0.05, 0) is 31.5 Å². The van der Waals surface area contributed by atoms with Crippen molar-refractivity contribution in [2.75, 3.05) is 4.90 Å². The van der Waals surface area contributed by atoms with Gasteiger partial charge in [0.05, 0.1) is 6.04 Å². The molecule has 0 bridgehead atoms. The highest BCUT2D eigenvalue weighted by molar-refractivity contribution is 6.05. The van der Waals surface area contributed by atoms with E-state index in [0.29, 0.717) is 5.57 Å². The maximum atomic E-state index is 12.5. The second-order valence-electron chi connectivity index (χ2n) is 4.88. The van der Waals surface area contributed by atoms with Crippen molar-refractivity contribution in [2.24, 2.45) is 0 Å². The number of benzene rings is 2. The van der Waals surface area contributed by atoms with Crippen molar-refractivity contribution in [1.29, 1.82) is 0 Å². The summed E-state index contributed by atoms with van der Waals surface area (Å²) in [5.74, 6) is -0.0486. The second-order valence-corrected chi connectivity index (χ2v) is 4.88. The molecule has 20 heavy (non-hydrogen) atoms. The lowest BCUT2D eigenvalue weighted by atomic mass is 10.0. The molecule has 2 aromatic rings. The monoisotopic (exact) mass is 265 g/mol. The largest absolute Gasteiger partial charge is 0.301 e. The average molecular weight is 265 g/mol. The molecule has 1 amide bonds. The fraction of sp³-hybridized carbons (Fsp3) is 0.167. The number of anilines is 1. The molecule has 0 aliphatic carbocycles. The first-order valence-corrected chi connectivity index (χ1v) is 6.70. The van der Waals surface area contributed by atoms with Gasteiger partial charge in [0.2, 0.25) is 0 Å². The summed E-state index contributed by atoms with van der Waals surface area (Å²) in [4.78, 5) is 14.3. The van der Waals surface area contributed by atoms with Gasteiger partial charge >= 0.3 is 0 Å². The van der Waals surface area contributed by atoms with Gasteiger partial charge < -0.3 is 4.90 Å². The summed E-state index contributed by atoms with van der Waals surface area (Å²) in [6.07, 6.45) is 0. The third-order valence-corrected chi connectivity index (χ3v) is 3.29. The molecule has 0 saturated carbocycles. The Morgan fingerprint density at radius 1 is 1.00 bits per heavy atom. The Hall–Kier alpha value is -2.35. The van der Waals surface area contributed by atoms with E-state index in [9.17, 15) is 4.79 Å². The van der Waals surface area contributed by atoms with Crippen LogP contribution in [-0.2, 0) is 4.79 Å². The van der Waals surface area contributed by atoms with Crippen LogP contribution in [0, 0.1) is 0 Å². The lowest BCUT2D eigenvalue weighted by Crippen LogP contribution is -2.33. The SMILES string of the molecule is C=C(C)C(=O)N(c1ccccc1)C(C)c1ccccc1. The summed E-state index contributed by atoms with van der Waals surface area (Å²) in [5.41, 5.74) is 2.53. The predicted octanol–water partition coefficient (Wildman–Crippen LogP) is 4.36. The first-order chi connectivity index (χ1) is 9.61. The summed E-state index contributed by atoms with van der Waals surface area (Å²) < 4.78 is 0. The van der Waals surface area contributed by atoms with Crippen LogP contribution in [-0.4, -0.2) is 5.91 Å². The molecule has 0 fully saturated rings. The molecule has 1 atom stereocenters. The number of hydrogen-bond donors (Lipinski definition) is 0. The molecule has 2 nitrogen and oxygen atoms in total. The molecule has 0 spiro atoms. The van der Waals surface area contributed by atoms with E-state index in [1.54, 1.807) is 11.8 Å². The van der Waals surface area contributed by atoms with E-state index in [1.165, 1.54) is 0 Å². The average Bonchev–Trinajstić information content (AvgIpc) is 2.49. The van der Waals surface area contributed by atoms with Gasteiger partial charge in [-0.3, -0.25) is 4.79 Å². The van der Waals surface area contributed by atoms with Gasteiger partial charge in [-0.15, -0.1) is 0 Å². The first-order valence-electron chi connectivity index (χ1n) is 6.70. The molecule has 0 aromatic heterocycles. The van der Waals surface area contributed by atoms with Gasteiger partial charge in [0.1, 0.15) is 0 Å². The van der Waals surface area contributed by atoms with E-state index in [0.717, 1.165) is 11.3 Å². The normalized spacial score (nSPS) is 11.7. The summed E-state index contributed by atoms with van der Waals surface area (Å²) in [7, 11) is 0. The van der Waals surface area contributed by atoms with Gasteiger partial charge in [-0.1, -0.05) is 55.1 Å². The molecule has 2 heteroatoms. The lowest BCUT2D eigenvalue weighted by Gasteiger charge is -2.30. The van der Waals surface area contributed by atoms with Crippen molar-refractivity contribution in [1.82, 2.24) is 0 Å². The number of carbonyl (C=O) groups excluding carboxylic acids is 1. The fourth-order valence-corrected chi connectivity index (χ4v) is 2.19. The van der Waals surface area contributed by atoms with Crippen molar-refractivity contribution in [2.45, 2.75) is 19.9 Å². The van der Waals surface area contributed by atoms with Gasteiger partial charge in [-0.2, -0.15) is 0 Å². The predicted molar refractivity (Wildman–Crippen MR) is 83.6 cm³/mol. The van der Waals surface area contributed by atoms with Crippen molar-refractivity contribution in [3.63, 3.8) is 0 Å². The molecule has 0 N–H and O–H groups in total. The van der Waals surface area contributed by atoms with Crippen LogP contribution in [0.3, 0.4) is 0 Å². The maximum absolute atomic E-state index is 12.5. The molecular weight excluding hydrogens is 246 g/mol. The Balaban J connectivity index is 2.42. The lowest BCUT2D eigenvalue weighted by molar-refractivity contribution is -0.115. The van der Waals surface area contributed by atoms with E-state index >= 15 is 0 Å². The minimum absolute atomic E-state index is 0.0391. The third kappa shape index (κ3) is 2.97. The van der Waals surface area contributed by atoms with Gasteiger partial charge in [0, 0.05) is 11.3 Å². The zero-order valence-electron chi connectivity index (χ0n) is 11.9. The van der Waals surface area contributed by atoms with Gasteiger partial charge in [0.25, 0.3) is 5.91 Å². The van der Waals surface area contributed by atoms with Crippen molar-refractivity contribution < 1.29 is 4.79 Å². The highest BCUT2D eigenvalue weighted by Crippen LogP contribution is 2.28. The third-order valence-electron chi connectivity index (χ3n) is 3.29. The molecule has 0 heterocycles. The molecule has 0 aliphatic heterocycles. The fourth-order valence-electron chi connectivity index (χ4n) is 2.19. The number of hydrogen-bond acceptors (Lipinski definition) is 1. The van der Waals surface area contributed by atoms with Crippen molar-refractivity contribution in [3.05, 3.63) is 78.4 Å². The second kappa shape index (κ2) is 6.20. The molecule has 2 rings (SSSR count). The van der Waals surface area contributed by atoms with Crippen LogP contribution < -0.4 is 4.90 Å². The molecule has 0 saturated heterocycles. The van der Waals surface area contributed by atoms with Crippen LogP contribution in [0.1, 0.15) is 25.5 Å². The van der Waals surface area contributed by atoms with Crippen LogP contribution in [0.5, 0.6) is 0 Å². The zero-order valence-corrected chi connectivity index (χ0v) is 11.9. The van der Waals surface area contributed by atoms with Crippen LogP contribution >= 0.6 is 0 Å². The maximum Gasteiger partial charge on any atom is 0.253 e.